The van der Waals surface area contributed by atoms with Crippen LogP contribution in [-0.4, -0.2) is 70.1 Å². The molecule has 0 aromatic heterocycles. The molecule has 144 valence electrons. The zero-order valence-electron chi connectivity index (χ0n) is 15.3. The molecule has 1 aromatic rings. The molecule has 0 bridgehead atoms. The first kappa shape index (κ1) is 19.3. The average molecular weight is 381 g/mol. The summed E-state index contributed by atoms with van der Waals surface area (Å²) in [6.07, 6.45) is 2.37. The summed E-state index contributed by atoms with van der Waals surface area (Å²) in [5.41, 5.74) is 1.14. The number of rotatable bonds is 6. The lowest BCUT2D eigenvalue weighted by Crippen LogP contribution is -2.47. The Hall–Kier alpha value is -1.44. The maximum Gasteiger partial charge on any atom is 0.234 e. The molecule has 0 unspecified atom stereocenters. The Kier molecular flexibility index (Phi) is 5.99. The van der Waals surface area contributed by atoms with Gasteiger partial charge in [-0.15, -0.1) is 0 Å². The van der Waals surface area contributed by atoms with Crippen molar-refractivity contribution < 1.29 is 17.9 Å². The third kappa shape index (κ3) is 4.64. The molecule has 2 aliphatic rings. The quantitative estimate of drug-likeness (QED) is 0.796. The second kappa shape index (κ2) is 8.06. The first-order chi connectivity index (χ1) is 12.4. The molecule has 7 heteroatoms. The molecule has 0 radical (unpaired) electrons. The van der Waals surface area contributed by atoms with E-state index in [9.17, 15) is 13.2 Å². The highest BCUT2D eigenvalue weighted by Gasteiger charge is 2.35. The fraction of sp³-hybridized carbons (Fsp3) is 0.632. The van der Waals surface area contributed by atoms with E-state index in [1.165, 1.54) is 5.56 Å². The van der Waals surface area contributed by atoms with Gasteiger partial charge in [-0.2, -0.15) is 0 Å². The number of amides is 1. The summed E-state index contributed by atoms with van der Waals surface area (Å²) in [6, 6.07) is 10.2. The second-order valence-corrected chi connectivity index (χ2v) is 9.74. The normalized spacial score (nSPS) is 24.5. The number of nitrogens with one attached hydrogen (secondary N) is 1. The molecule has 1 amide bonds. The Morgan fingerprint density at radius 3 is 2.58 bits per heavy atom. The molecule has 2 aliphatic heterocycles. The molecule has 0 aliphatic carbocycles. The van der Waals surface area contributed by atoms with Gasteiger partial charge >= 0.3 is 0 Å². The predicted octanol–water partition coefficient (Wildman–Crippen LogP) is 0.970. The molecule has 6 nitrogen and oxygen atoms in total. The number of likely N-dealkylation sites (N-methyl/N-ethyl adjacent to an activating group) is 1. The molecular weight excluding hydrogens is 352 g/mol. The van der Waals surface area contributed by atoms with E-state index in [-0.39, 0.29) is 35.4 Å². The Morgan fingerprint density at radius 1 is 1.27 bits per heavy atom. The number of sulfone groups is 1. The maximum absolute atomic E-state index is 12.5. The van der Waals surface area contributed by atoms with Crippen LogP contribution in [0.1, 0.15) is 24.8 Å². The number of hydrogen-bond acceptors (Lipinski definition) is 5. The van der Waals surface area contributed by atoms with Crippen LogP contribution < -0.4 is 5.32 Å². The van der Waals surface area contributed by atoms with Gasteiger partial charge in [-0.1, -0.05) is 30.3 Å². The van der Waals surface area contributed by atoms with Crippen molar-refractivity contribution >= 4 is 15.7 Å². The van der Waals surface area contributed by atoms with E-state index < -0.39 is 9.84 Å². The van der Waals surface area contributed by atoms with Crippen molar-refractivity contribution in [3.05, 3.63) is 35.9 Å². The molecule has 1 aromatic carbocycles. The highest BCUT2D eigenvalue weighted by atomic mass is 32.2. The lowest BCUT2D eigenvalue weighted by atomic mass is 9.74. The summed E-state index contributed by atoms with van der Waals surface area (Å²) < 4.78 is 28.8. The summed E-state index contributed by atoms with van der Waals surface area (Å²) in [7, 11) is -1.11. The number of ether oxygens (including phenoxy) is 1. The van der Waals surface area contributed by atoms with Crippen LogP contribution in [0.15, 0.2) is 30.3 Å². The van der Waals surface area contributed by atoms with Crippen LogP contribution in [0.5, 0.6) is 0 Å². The number of hydrogen-bond donors (Lipinski definition) is 1. The van der Waals surface area contributed by atoms with Gasteiger partial charge in [0.05, 0.1) is 18.1 Å². The monoisotopic (exact) mass is 380 g/mol. The van der Waals surface area contributed by atoms with E-state index in [1.807, 2.05) is 30.1 Å². The van der Waals surface area contributed by atoms with E-state index >= 15 is 0 Å². The van der Waals surface area contributed by atoms with Gasteiger partial charge in [-0.05, 0) is 31.9 Å². The summed E-state index contributed by atoms with van der Waals surface area (Å²) in [5.74, 6) is 0.321. The molecule has 26 heavy (non-hydrogen) atoms. The molecule has 2 fully saturated rings. The van der Waals surface area contributed by atoms with E-state index in [1.54, 1.807) is 0 Å². The summed E-state index contributed by atoms with van der Waals surface area (Å²) in [5, 5.41) is 3.08. The molecule has 0 spiro atoms. The highest BCUT2D eigenvalue weighted by molar-refractivity contribution is 7.91. The summed E-state index contributed by atoms with van der Waals surface area (Å²) in [6.45, 7) is 2.20. The predicted molar refractivity (Wildman–Crippen MR) is 101 cm³/mol. The van der Waals surface area contributed by atoms with Crippen LogP contribution in [-0.2, 0) is 24.8 Å². The molecular formula is C19H28N2O4S. The van der Waals surface area contributed by atoms with Gasteiger partial charge in [0, 0.05) is 31.2 Å². The van der Waals surface area contributed by atoms with E-state index in [2.05, 4.69) is 17.4 Å². The minimum absolute atomic E-state index is 0.0569. The SMILES string of the molecule is CN(CC(=O)NCC1(c2ccccc2)CCOCC1)[C@H]1CCS(=O)(=O)C1. The maximum atomic E-state index is 12.5. The van der Waals surface area contributed by atoms with Gasteiger partial charge in [0.15, 0.2) is 9.84 Å². The van der Waals surface area contributed by atoms with E-state index in [0.717, 1.165) is 12.8 Å². The largest absolute Gasteiger partial charge is 0.381 e. The van der Waals surface area contributed by atoms with Crippen molar-refractivity contribution in [2.45, 2.75) is 30.7 Å². The van der Waals surface area contributed by atoms with Gasteiger partial charge in [-0.25, -0.2) is 8.42 Å². The van der Waals surface area contributed by atoms with Gasteiger partial charge in [-0.3, -0.25) is 9.69 Å². The van der Waals surface area contributed by atoms with E-state index in [4.69, 9.17) is 4.74 Å². The van der Waals surface area contributed by atoms with Crippen molar-refractivity contribution in [1.29, 1.82) is 0 Å². The second-order valence-electron chi connectivity index (χ2n) is 7.51. The number of benzene rings is 1. The van der Waals surface area contributed by atoms with Crippen molar-refractivity contribution in [3.8, 4) is 0 Å². The van der Waals surface area contributed by atoms with Crippen molar-refractivity contribution in [2.24, 2.45) is 0 Å². The molecule has 1 atom stereocenters. The minimum Gasteiger partial charge on any atom is -0.381 e. The molecule has 1 N–H and O–H groups in total. The lowest BCUT2D eigenvalue weighted by molar-refractivity contribution is -0.122. The van der Waals surface area contributed by atoms with Crippen molar-refractivity contribution in [1.82, 2.24) is 10.2 Å². The van der Waals surface area contributed by atoms with E-state index in [0.29, 0.717) is 26.2 Å². The molecule has 2 heterocycles. The van der Waals surface area contributed by atoms with Crippen LogP contribution in [0.4, 0.5) is 0 Å². The Balaban J connectivity index is 1.58. The van der Waals surface area contributed by atoms with Crippen molar-refractivity contribution in [2.75, 3.05) is 44.9 Å². The number of carbonyl (C=O) groups excluding carboxylic acids is 1. The van der Waals surface area contributed by atoms with Gasteiger partial charge in [0.1, 0.15) is 0 Å². The third-order valence-electron chi connectivity index (χ3n) is 5.68. The van der Waals surface area contributed by atoms with Crippen LogP contribution in [0, 0.1) is 0 Å². The first-order valence-corrected chi connectivity index (χ1v) is 11.0. The number of nitrogens with zero attached hydrogens (tertiary/aromatic N) is 1. The molecule has 3 rings (SSSR count). The Morgan fingerprint density at radius 2 is 1.96 bits per heavy atom. The average Bonchev–Trinajstić information content (AvgIpc) is 3.02. The molecule has 0 saturated carbocycles. The molecule has 2 saturated heterocycles. The zero-order chi connectivity index (χ0) is 18.6. The fourth-order valence-electron chi connectivity index (χ4n) is 3.92. The minimum atomic E-state index is -2.94. The van der Waals surface area contributed by atoms with Crippen LogP contribution in [0.2, 0.25) is 0 Å². The smallest absolute Gasteiger partial charge is 0.234 e. The third-order valence-corrected chi connectivity index (χ3v) is 7.44. The fourth-order valence-corrected chi connectivity index (χ4v) is 5.73. The van der Waals surface area contributed by atoms with Crippen LogP contribution in [0.3, 0.4) is 0 Å². The summed E-state index contributed by atoms with van der Waals surface area (Å²) >= 11 is 0. The van der Waals surface area contributed by atoms with Gasteiger partial charge in [0.25, 0.3) is 0 Å². The zero-order valence-corrected chi connectivity index (χ0v) is 16.1. The Bertz CT molecular complexity index is 714. The standard InChI is InChI=1S/C19H28N2O4S/c1-21(17-7-12-26(23,24)14-17)13-18(22)20-15-19(8-10-25-11-9-19)16-5-3-2-4-6-16/h2-6,17H,7-15H2,1H3,(H,20,22)/t17-/m0/s1. The van der Waals surface area contributed by atoms with Crippen LogP contribution in [0.25, 0.3) is 0 Å². The topological polar surface area (TPSA) is 75.7 Å². The highest BCUT2D eigenvalue weighted by Crippen LogP contribution is 2.34. The van der Waals surface area contributed by atoms with Crippen LogP contribution >= 0.6 is 0 Å². The number of carbonyl (C=O) groups is 1. The Labute approximate surface area is 155 Å². The van der Waals surface area contributed by atoms with Gasteiger partial charge < -0.3 is 10.1 Å². The first-order valence-electron chi connectivity index (χ1n) is 9.21. The lowest BCUT2D eigenvalue weighted by Gasteiger charge is -2.38. The van der Waals surface area contributed by atoms with Gasteiger partial charge in [0.2, 0.25) is 5.91 Å². The summed E-state index contributed by atoms with van der Waals surface area (Å²) in [4.78, 5) is 14.3. The van der Waals surface area contributed by atoms with Crippen molar-refractivity contribution in [3.63, 3.8) is 0 Å².